The van der Waals surface area contributed by atoms with Crippen molar-refractivity contribution in [3.63, 3.8) is 0 Å². The number of nitrogens with one attached hydrogen (secondary N) is 1. The highest BCUT2D eigenvalue weighted by atomic mass is 35.5. The molecule has 1 saturated heterocycles. The van der Waals surface area contributed by atoms with Crippen molar-refractivity contribution >= 4 is 23.2 Å². The highest BCUT2D eigenvalue weighted by Gasteiger charge is 2.25. The number of nitriles is 1. The first-order valence-corrected chi connectivity index (χ1v) is 8.13. The molecule has 3 rings (SSSR count). The van der Waals surface area contributed by atoms with Gasteiger partial charge in [0, 0.05) is 37.9 Å². The summed E-state index contributed by atoms with van der Waals surface area (Å²) in [6.07, 6.45) is 2.79. The largest absolute Gasteiger partial charge is 0.371 e. The Morgan fingerprint density at radius 3 is 2.88 bits per heavy atom. The van der Waals surface area contributed by atoms with Crippen LogP contribution in [0.5, 0.6) is 0 Å². The molecule has 0 saturated carbocycles. The average molecular weight is 341 g/mol. The molecule has 1 aliphatic rings. The summed E-state index contributed by atoms with van der Waals surface area (Å²) < 4.78 is 0. The summed E-state index contributed by atoms with van der Waals surface area (Å²) in [6, 6.07) is 11.3. The molecule has 122 valence electrons. The predicted molar refractivity (Wildman–Crippen MR) is 93.4 cm³/mol. The molecule has 6 heteroatoms. The molecule has 1 N–H and O–H groups in total. The number of nitrogens with zero attached hydrogens (tertiary/aromatic N) is 3. The molecule has 0 spiro atoms. The van der Waals surface area contributed by atoms with Crippen LogP contribution in [0, 0.1) is 11.3 Å². The van der Waals surface area contributed by atoms with Gasteiger partial charge in [0.2, 0.25) is 0 Å². The molecular weight excluding hydrogens is 324 g/mol. The second-order valence-corrected chi connectivity index (χ2v) is 6.17. The van der Waals surface area contributed by atoms with Gasteiger partial charge in [-0.1, -0.05) is 17.7 Å². The van der Waals surface area contributed by atoms with Gasteiger partial charge in [-0.25, -0.2) is 0 Å². The predicted octanol–water partition coefficient (Wildman–Crippen LogP) is 2.96. The molecule has 1 fully saturated rings. The van der Waals surface area contributed by atoms with Crippen molar-refractivity contribution in [1.29, 1.82) is 5.26 Å². The standard InChI is InChI=1S/C18H17ClN4O/c1-21-18(24)17-5-3-13(10-22-17)14-6-7-23(11-14)15-4-2-12(9-20)16(19)8-15/h2-5,8,10,14H,6-7,11H2,1H3,(H,21,24). The highest BCUT2D eigenvalue weighted by Crippen LogP contribution is 2.32. The van der Waals surface area contributed by atoms with Crippen LogP contribution in [0.3, 0.4) is 0 Å². The van der Waals surface area contributed by atoms with E-state index in [2.05, 4.69) is 21.3 Å². The van der Waals surface area contributed by atoms with Crippen molar-refractivity contribution in [2.45, 2.75) is 12.3 Å². The van der Waals surface area contributed by atoms with E-state index in [1.807, 2.05) is 18.2 Å². The minimum atomic E-state index is -0.179. The lowest BCUT2D eigenvalue weighted by Gasteiger charge is -2.19. The number of carbonyl (C=O) groups excluding carboxylic acids is 1. The van der Waals surface area contributed by atoms with E-state index in [-0.39, 0.29) is 5.91 Å². The van der Waals surface area contributed by atoms with Crippen LogP contribution >= 0.6 is 11.6 Å². The molecule has 5 nitrogen and oxygen atoms in total. The Labute approximate surface area is 145 Å². The Kier molecular flexibility index (Phi) is 4.68. The first kappa shape index (κ1) is 16.3. The monoisotopic (exact) mass is 340 g/mol. The average Bonchev–Trinajstić information content (AvgIpc) is 3.11. The summed E-state index contributed by atoms with van der Waals surface area (Å²) in [4.78, 5) is 18.0. The van der Waals surface area contributed by atoms with Crippen molar-refractivity contribution < 1.29 is 4.79 Å². The summed E-state index contributed by atoms with van der Waals surface area (Å²) in [7, 11) is 1.59. The molecule has 2 heterocycles. The molecule has 1 atom stereocenters. The summed E-state index contributed by atoms with van der Waals surface area (Å²) in [5, 5.41) is 12.0. The fraction of sp³-hybridized carbons (Fsp3) is 0.278. The van der Waals surface area contributed by atoms with Crippen molar-refractivity contribution in [3.05, 3.63) is 58.4 Å². The van der Waals surface area contributed by atoms with Crippen LogP contribution in [-0.2, 0) is 0 Å². The molecule has 24 heavy (non-hydrogen) atoms. The number of hydrogen-bond donors (Lipinski definition) is 1. The summed E-state index contributed by atoms with van der Waals surface area (Å²) in [5.41, 5.74) is 3.07. The third-order valence-corrected chi connectivity index (χ3v) is 4.66. The number of rotatable bonds is 3. The minimum absolute atomic E-state index is 0.179. The first-order chi connectivity index (χ1) is 11.6. The molecule has 2 aromatic rings. The molecule has 0 radical (unpaired) electrons. The maximum absolute atomic E-state index is 11.6. The van der Waals surface area contributed by atoms with Crippen LogP contribution in [0.4, 0.5) is 5.69 Å². The molecule has 1 aliphatic heterocycles. The molecule has 0 bridgehead atoms. The van der Waals surface area contributed by atoms with E-state index in [9.17, 15) is 4.79 Å². The van der Waals surface area contributed by atoms with Gasteiger partial charge in [-0.2, -0.15) is 5.26 Å². The van der Waals surface area contributed by atoms with Gasteiger partial charge in [-0.3, -0.25) is 9.78 Å². The zero-order valence-corrected chi connectivity index (χ0v) is 14.0. The van der Waals surface area contributed by atoms with E-state index >= 15 is 0 Å². The van der Waals surface area contributed by atoms with Crippen molar-refractivity contribution in [1.82, 2.24) is 10.3 Å². The quantitative estimate of drug-likeness (QED) is 0.932. The normalized spacial score (nSPS) is 16.7. The third-order valence-electron chi connectivity index (χ3n) is 4.34. The van der Waals surface area contributed by atoms with Crippen LogP contribution in [0.25, 0.3) is 0 Å². The lowest BCUT2D eigenvalue weighted by Crippen LogP contribution is -2.20. The smallest absolute Gasteiger partial charge is 0.269 e. The van der Waals surface area contributed by atoms with Crippen LogP contribution in [0.1, 0.15) is 34.0 Å². The molecular formula is C18H17ClN4O. The van der Waals surface area contributed by atoms with Gasteiger partial charge in [0.1, 0.15) is 11.8 Å². The Morgan fingerprint density at radius 2 is 2.25 bits per heavy atom. The molecule has 1 aromatic carbocycles. The van der Waals surface area contributed by atoms with Gasteiger partial charge in [0.25, 0.3) is 5.91 Å². The number of halogens is 1. The van der Waals surface area contributed by atoms with E-state index in [1.54, 1.807) is 25.4 Å². The van der Waals surface area contributed by atoms with Crippen molar-refractivity contribution in [3.8, 4) is 6.07 Å². The second-order valence-electron chi connectivity index (χ2n) is 5.76. The lowest BCUT2D eigenvalue weighted by atomic mass is 10.00. The zero-order valence-electron chi connectivity index (χ0n) is 13.3. The first-order valence-electron chi connectivity index (χ1n) is 7.75. The molecule has 1 aromatic heterocycles. The van der Waals surface area contributed by atoms with Crippen LogP contribution in [-0.4, -0.2) is 31.0 Å². The summed E-state index contributed by atoms with van der Waals surface area (Å²) in [6.45, 7) is 1.79. The fourth-order valence-electron chi connectivity index (χ4n) is 2.97. The number of hydrogen-bond acceptors (Lipinski definition) is 4. The Morgan fingerprint density at radius 1 is 1.42 bits per heavy atom. The molecule has 0 aliphatic carbocycles. The zero-order chi connectivity index (χ0) is 17.1. The Bertz CT molecular complexity index is 798. The highest BCUT2D eigenvalue weighted by molar-refractivity contribution is 6.32. The van der Waals surface area contributed by atoms with Gasteiger partial charge in [-0.05, 0) is 36.2 Å². The summed E-state index contributed by atoms with van der Waals surface area (Å²) in [5.74, 6) is 0.187. The Balaban J connectivity index is 1.72. The van der Waals surface area contributed by atoms with Gasteiger partial charge >= 0.3 is 0 Å². The number of amides is 1. The van der Waals surface area contributed by atoms with E-state index in [1.165, 1.54) is 0 Å². The number of carbonyl (C=O) groups is 1. The van der Waals surface area contributed by atoms with Crippen LogP contribution < -0.4 is 10.2 Å². The number of anilines is 1. The molecule has 1 amide bonds. The maximum atomic E-state index is 11.6. The third kappa shape index (κ3) is 3.19. The van der Waals surface area contributed by atoms with Gasteiger partial charge in [0.05, 0.1) is 10.6 Å². The number of benzene rings is 1. The second kappa shape index (κ2) is 6.90. The summed E-state index contributed by atoms with van der Waals surface area (Å²) >= 11 is 6.13. The van der Waals surface area contributed by atoms with Gasteiger partial charge in [-0.15, -0.1) is 0 Å². The van der Waals surface area contributed by atoms with Gasteiger partial charge < -0.3 is 10.2 Å². The van der Waals surface area contributed by atoms with Crippen molar-refractivity contribution in [2.75, 3.05) is 25.0 Å². The fourth-order valence-corrected chi connectivity index (χ4v) is 3.18. The van der Waals surface area contributed by atoms with Crippen molar-refractivity contribution in [2.24, 2.45) is 0 Å². The van der Waals surface area contributed by atoms with Gasteiger partial charge in [0.15, 0.2) is 0 Å². The minimum Gasteiger partial charge on any atom is -0.371 e. The van der Waals surface area contributed by atoms with Crippen LogP contribution in [0.2, 0.25) is 5.02 Å². The molecule has 1 unspecified atom stereocenters. The van der Waals surface area contributed by atoms with Crippen LogP contribution in [0.15, 0.2) is 36.5 Å². The maximum Gasteiger partial charge on any atom is 0.269 e. The van der Waals surface area contributed by atoms with E-state index in [4.69, 9.17) is 16.9 Å². The van der Waals surface area contributed by atoms with E-state index < -0.39 is 0 Å². The topological polar surface area (TPSA) is 69.0 Å². The van der Waals surface area contributed by atoms with E-state index in [0.29, 0.717) is 22.2 Å². The number of aromatic nitrogens is 1. The Hall–Kier alpha value is -2.58. The lowest BCUT2D eigenvalue weighted by molar-refractivity contribution is 0.0958. The van der Waals surface area contributed by atoms with E-state index in [0.717, 1.165) is 30.8 Å². The number of pyridine rings is 1. The SMILES string of the molecule is CNC(=O)c1ccc(C2CCN(c3ccc(C#N)c(Cl)c3)C2)cn1.